The third-order valence-electron chi connectivity index (χ3n) is 4.69. The maximum atomic E-state index is 12.4. The van der Waals surface area contributed by atoms with Crippen molar-refractivity contribution in [1.29, 1.82) is 0 Å². The molecule has 0 unspecified atom stereocenters. The van der Waals surface area contributed by atoms with Gasteiger partial charge in [0, 0.05) is 64.0 Å². The number of hydrogen-bond acceptors (Lipinski definition) is 4. The van der Waals surface area contributed by atoms with Crippen molar-refractivity contribution in [2.24, 2.45) is 7.05 Å². The minimum atomic E-state index is -0.232. The molecule has 0 bridgehead atoms. The zero-order chi connectivity index (χ0) is 19.2. The largest absolute Gasteiger partial charge is 0.368 e. The minimum absolute atomic E-state index is 0.00155. The zero-order valence-corrected chi connectivity index (χ0v) is 15.4. The van der Waals surface area contributed by atoms with Gasteiger partial charge in [-0.05, 0) is 18.2 Å². The summed E-state index contributed by atoms with van der Waals surface area (Å²) in [6.07, 6.45) is 1.87. The van der Waals surface area contributed by atoms with Crippen LogP contribution in [0, 0.1) is 0 Å². The summed E-state index contributed by atoms with van der Waals surface area (Å²) in [5.74, 6) is -0.233. The lowest BCUT2D eigenvalue weighted by molar-refractivity contribution is -0.133. The molecule has 0 radical (unpaired) electrons. The summed E-state index contributed by atoms with van der Waals surface area (Å²) >= 11 is 0. The van der Waals surface area contributed by atoms with E-state index in [2.05, 4.69) is 22.3 Å². The number of benzene rings is 1. The van der Waals surface area contributed by atoms with Crippen LogP contribution in [0.3, 0.4) is 0 Å². The van der Waals surface area contributed by atoms with Gasteiger partial charge in [0.25, 0.3) is 0 Å². The van der Waals surface area contributed by atoms with Crippen LogP contribution < -0.4 is 15.8 Å². The summed E-state index contributed by atoms with van der Waals surface area (Å²) in [7, 11) is 1.62. The predicted molar refractivity (Wildman–Crippen MR) is 105 cm³/mol. The third kappa shape index (κ3) is 4.97. The van der Waals surface area contributed by atoms with Gasteiger partial charge in [0.2, 0.25) is 17.4 Å². The minimum Gasteiger partial charge on any atom is -0.368 e. The molecule has 3 rings (SSSR count). The molecule has 1 aromatic heterocycles. The second-order valence-corrected chi connectivity index (χ2v) is 6.62. The molecule has 1 N–H and O–H groups in total. The number of rotatable bonds is 5. The fourth-order valence-electron chi connectivity index (χ4n) is 3.12. The Balaban J connectivity index is 1.43. The molecule has 0 saturated carbocycles. The summed E-state index contributed by atoms with van der Waals surface area (Å²) < 4.78 is 1.40. The van der Waals surface area contributed by atoms with E-state index >= 15 is 0 Å². The first-order chi connectivity index (χ1) is 13.0. The molecule has 7 nitrogen and oxygen atoms in total. The molecule has 27 heavy (non-hydrogen) atoms. The zero-order valence-electron chi connectivity index (χ0n) is 15.4. The number of aromatic nitrogens is 1. The molecule has 0 atom stereocenters. The van der Waals surface area contributed by atoms with E-state index in [1.807, 2.05) is 23.1 Å². The number of carbonyl (C=O) groups is 2. The molecule has 0 aliphatic carbocycles. The van der Waals surface area contributed by atoms with Gasteiger partial charge >= 0.3 is 0 Å². The van der Waals surface area contributed by atoms with Crippen LogP contribution in [0.5, 0.6) is 0 Å². The van der Waals surface area contributed by atoms with E-state index in [1.165, 1.54) is 16.3 Å². The van der Waals surface area contributed by atoms with E-state index in [9.17, 15) is 14.4 Å². The van der Waals surface area contributed by atoms with Crippen molar-refractivity contribution in [3.8, 4) is 0 Å². The van der Waals surface area contributed by atoms with Crippen molar-refractivity contribution in [2.45, 2.75) is 12.8 Å². The normalized spacial score (nSPS) is 14.1. The van der Waals surface area contributed by atoms with Crippen molar-refractivity contribution in [1.82, 2.24) is 9.47 Å². The highest BCUT2D eigenvalue weighted by Crippen LogP contribution is 2.16. The van der Waals surface area contributed by atoms with Crippen LogP contribution in [-0.4, -0.2) is 47.5 Å². The topological polar surface area (TPSA) is 74.7 Å². The maximum Gasteiger partial charge on any atom is 0.250 e. The monoisotopic (exact) mass is 368 g/mol. The van der Waals surface area contributed by atoms with Gasteiger partial charge in [0.1, 0.15) is 0 Å². The molecule has 2 aromatic rings. The van der Waals surface area contributed by atoms with Gasteiger partial charge in [-0.15, -0.1) is 0 Å². The van der Waals surface area contributed by atoms with Crippen molar-refractivity contribution in [2.75, 3.05) is 36.4 Å². The maximum absolute atomic E-state index is 12.4. The van der Waals surface area contributed by atoms with Crippen molar-refractivity contribution in [3.05, 3.63) is 59.0 Å². The molecule has 1 saturated heterocycles. The molecule has 142 valence electrons. The van der Waals surface area contributed by atoms with Crippen LogP contribution in [-0.2, 0) is 16.6 Å². The van der Waals surface area contributed by atoms with Crippen LogP contribution in [0.1, 0.15) is 12.8 Å². The number of nitrogens with zero attached hydrogens (tertiary/aromatic N) is 3. The highest BCUT2D eigenvalue weighted by molar-refractivity contribution is 5.93. The molecule has 1 fully saturated rings. The first kappa shape index (κ1) is 18.7. The quantitative estimate of drug-likeness (QED) is 0.867. The number of aryl methyl sites for hydroxylation is 1. The summed E-state index contributed by atoms with van der Waals surface area (Å²) in [6.45, 7) is 2.91. The predicted octanol–water partition coefficient (Wildman–Crippen LogP) is 1.45. The van der Waals surface area contributed by atoms with Gasteiger partial charge in [-0.2, -0.15) is 0 Å². The number of pyridine rings is 1. The number of nitrogens with one attached hydrogen (secondary N) is 1. The Bertz CT molecular complexity index is 855. The lowest BCUT2D eigenvalue weighted by Gasteiger charge is -2.36. The molecule has 1 aliphatic rings. The number of para-hydroxylation sites is 1. The lowest BCUT2D eigenvalue weighted by Crippen LogP contribution is -2.48. The molecule has 1 aromatic carbocycles. The summed E-state index contributed by atoms with van der Waals surface area (Å²) in [4.78, 5) is 39.9. The van der Waals surface area contributed by atoms with Crippen LogP contribution in [0.25, 0.3) is 0 Å². The number of piperazine rings is 1. The van der Waals surface area contributed by atoms with Crippen LogP contribution in [0.4, 0.5) is 11.4 Å². The highest BCUT2D eigenvalue weighted by Gasteiger charge is 2.21. The van der Waals surface area contributed by atoms with E-state index in [-0.39, 0.29) is 30.2 Å². The Morgan fingerprint density at radius 3 is 2.33 bits per heavy atom. The van der Waals surface area contributed by atoms with Gasteiger partial charge in [-0.1, -0.05) is 18.2 Å². The van der Waals surface area contributed by atoms with Gasteiger partial charge in [-0.25, -0.2) is 0 Å². The highest BCUT2D eigenvalue weighted by atomic mass is 16.2. The Morgan fingerprint density at radius 1 is 0.963 bits per heavy atom. The molecular formula is C20H24N4O3. The van der Waals surface area contributed by atoms with E-state index in [4.69, 9.17) is 0 Å². The van der Waals surface area contributed by atoms with Crippen molar-refractivity contribution in [3.63, 3.8) is 0 Å². The summed E-state index contributed by atoms with van der Waals surface area (Å²) in [5, 5.41) is 2.72. The molecule has 2 amide bonds. The van der Waals surface area contributed by atoms with E-state index in [1.54, 1.807) is 19.3 Å². The number of amides is 2. The standard InChI is InChI=1S/C20H24N4O3/c1-22-15-16(7-9-19(22)26)21-18(25)8-10-20(27)24-13-11-23(12-14-24)17-5-3-2-4-6-17/h2-7,9,15H,8,10-14H2,1H3,(H,21,25). The van der Waals surface area contributed by atoms with Crippen molar-refractivity contribution < 1.29 is 9.59 Å². The average Bonchev–Trinajstić information content (AvgIpc) is 2.70. The first-order valence-electron chi connectivity index (χ1n) is 9.07. The number of carbonyl (C=O) groups excluding carboxylic acids is 2. The van der Waals surface area contributed by atoms with E-state index in [0.717, 1.165) is 13.1 Å². The smallest absolute Gasteiger partial charge is 0.250 e. The molecule has 2 heterocycles. The average molecular weight is 368 g/mol. The van der Waals surface area contributed by atoms with Gasteiger partial charge in [0.05, 0.1) is 5.69 Å². The summed E-state index contributed by atoms with van der Waals surface area (Å²) in [5.41, 5.74) is 1.57. The van der Waals surface area contributed by atoms with Crippen LogP contribution >= 0.6 is 0 Å². The Kier molecular flexibility index (Phi) is 5.90. The SMILES string of the molecule is Cn1cc(NC(=O)CCC(=O)N2CCN(c3ccccc3)CC2)ccc1=O. The molecule has 7 heteroatoms. The van der Waals surface area contributed by atoms with E-state index in [0.29, 0.717) is 18.8 Å². The Hall–Kier alpha value is -3.09. The second kappa shape index (κ2) is 8.53. The van der Waals surface area contributed by atoms with Gasteiger partial charge in [0.15, 0.2) is 0 Å². The molecule has 0 spiro atoms. The summed E-state index contributed by atoms with van der Waals surface area (Å²) in [6, 6.07) is 13.1. The molecule has 1 aliphatic heterocycles. The number of hydrogen-bond donors (Lipinski definition) is 1. The van der Waals surface area contributed by atoms with Crippen LogP contribution in [0.15, 0.2) is 53.5 Å². The lowest BCUT2D eigenvalue weighted by atomic mass is 10.2. The van der Waals surface area contributed by atoms with Crippen LogP contribution in [0.2, 0.25) is 0 Å². The third-order valence-corrected chi connectivity index (χ3v) is 4.69. The van der Waals surface area contributed by atoms with Gasteiger partial charge in [-0.3, -0.25) is 14.4 Å². The van der Waals surface area contributed by atoms with E-state index < -0.39 is 0 Å². The second-order valence-electron chi connectivity index (χ2n) is 6.62. The Labute approximate surface area is 158 Å². The fraction of sp³-hybridized carbons (Fsp3) is 0.350. The fourth-order valence-corrected chi connectivity index (χ4v) is 3.12. The molecular weight excluding hydrogens is 344 g/mol. The van der Waals surface area contributed by atoms with Crippen molar-refractivity contribution >= 4 is 23.2 Å². The van der Waals surface area contributed by atoms with Gasteiger partial charge < -0.3 is 19.7 Å². The number of anilines is 2. The first-order valence-corrected chi connectivity index (χ1v) is 9.07. The Morgan fingerprint density at radius 2 is 1.67 bits per heavy atom.